The number of imide groups is 1. The zero-order valence-electron chi connectivity index (χ0n) is 17.8. The number of rotatable bonds is 10. The molecule has 3 amide bonds. The molecule has 0 aliphatic carbocycles. The molecule has 0 atom stereocenters. The Bertz CT molecular complexity index is 1000. The highest BCUT2D eigenvalue weighted by atomic mass is 32.2. The second-order valence-corrected chi connectivity index (χ2v) is 10.4. The molecule has 0 aliphatic rings. The Kier molecular flexibility index (Phi) is 8.73. The van der Waals surface area contributed by atoms with Crippen molar-refractivity contribution in [3.63, 3.8) is 0 Å². The van der Waals surface area contributed by atoms with Gasteiger partial charge < -0.3 is 9.88 Å². The van der Waals surface area contributed by atoms with E-state index in [1.54, 1.807) is 23.1 Å². The molecule has 0 fully saturated rings. The van der Waals surface area contributed by atoms with Crippen LogP contribution in [0, 0.1) is 5.92 Å². The van der Waals surface area contributed by atoms with Crippen molar-refractivity contribution in [1.29, 1.82) is 0 Å². The largest absolute Gasteiger partial charge is 0.338 e. The van der Waals surface area contributed by atoms with Gasteiger partial charge in [-0.1, -0.05) is 49.5 Å². The van der Waals surface area contributed by atoms with Crippen LogP contribution in [0.25, 0.3) is 10.2 Å². The van der Waals surface area contributed by atoms with E-state index >= 15 is 0 Å². The highest BCUT2D eigenvalue weighted by Crippen LogP contribution is 2.31. The van der Waals surface area contributed by atoms with Gasteiger partial charge in [-0.05, 0) is 31.4 Å². The molecule has 166 valence electrons. The molecule has 11 heteroatoms. The summed E-state index contributed by atoms with van der Waals surface area (Å²) in [6.45, 7) is 7.42. The van der Waals surface area contributed by atoms with E-state index in [-0.39, 0.29) is 11.7 Å². The van der Waals surface area contributed by atoms with Crippen molar-refractivity contribution < 1.29 is 9.59 Å². The number of hydrogen-bond acceptors (Lipinski definition) is 8. The molecule has 3 rings (SSSR count). The number of thioether (sulfide) groups is 2. The number of amides is 3. The molecule has 31 heavy (non-hydrogen) atoms. The summed E-state index contributed by atoms with van der Waals surface area (Å²) in [6, 6.07) is 7.61. The maximum absolute atomic E-state index is 12.1. The molecule has 8 nitrogen and oxygen atoms in total. The van der Waals surface area contributed by atoms with Crippen LogP contribution >= 0.6 is 34.9 Å². The smallest absolute Gasteiger partial charge is 0.321 e. The van der Waals surface area contributed by atoms with Gasteiger partial charge in [0, 0.05) is 13.1 Å². The lowest BCUT2D eigenvalue weighted by atomic mass is 10.1. The van der Waals surface area contributed by atoms with Gasteiger partial charge >= 0.3 is 6.03 Å². The van der Waals surface area contributed by atoms with Gasteiger partial charge in [-0.2, -0.15) is 0 Å². The first-order valence-electron chi connectivity index (χ1n) is 10.1. The lowest BCUT2D eigenvalue weighted by Gasteiger charge is -2.08. The molecule has 2 heterocycles. The molecule has 0 bridgehead atoms. The van der Waals surface area contributed by atoms with Crippen LogP contribution in [0.15, 0.2) is 33.8 Å². The van der Waals surface area contributed by atoms with Crippen molar-refractivity contribution in [3.05, 3.63) is 30.1 Å². The standard InChI is InChI=1S/C20H26N6O2S3/c1-4-26-16(11-30-20-22-14-7-5-6-8-15(14)31-20)24-25-19(26)29-12-17(27)23-18(28)21-10-9-13(2)3/h5-8,13H,4,9-12H2,1-3H3,(H2,21,23,27,28). The normalized spacial score (nSPS) is 11.2. The number of para-hydroxylation sites is 1. The van der Waals surface area contributed by atoms with E-state index in [2.05, 4.69) is 45.7 Å². The van der Waals surface area contributed by atoms with Crippen LogP contribution in [-0.2, 0) is 17.1 Å². The van der Waals surface area contributed by atoms with E-state index in [1.807, 2.05) is 29.7 Å². The molecule has 2 N–H and O–H groups in total. The summed E-state index contributed by atoms with van der Waals surface area (Å²) in [6.07, 6.45) is 0.869. The summed E-state index contributed by atoms with van der Waals surface area (Å²) in [5.41, 5.74) is 1.00. The predicted octanol–water partition coefficient (Wildman–Crippen LogP) is 4.16. The fourth-order valence-corrected chi connectivity index (χ4v) is 5.53. The fourth-order valence-electron chi connectivity index (χ4n) is 2.70. The van der Waals surface area contributed by atoms with E-state index in [0.29, 0.717) is 29.9 Å². The van der Waals surface area contributed by atoms with Crippen LogP contribution in [0.1, 0.15) is 33.0 Å². The summed E-state index contributed by atoms with van der Waals surface area (Å²) in [7, 11) is 0. The van der Waals surface area contributed by atoms with Gasteiger partial charge in [0.25, 0.3) is 0 Å². The lowest BCUT2D eigenvalue weighted by molar-refractivity contribution is -0.117. The molecule has 2 aromatic heterocycles. The Labute approximate surface area is 194 Å². The maximum Gasteiger partial charge on any atom is 0.321 e. The third kappa shape index (κ3) is 6.94. The summed E-state index contributed by atoms with van der Waals surface area (Å²) in [4.78, 5) is 28.5. The average Bonchev–Trinajstić information content (AvgIpc) is 3.33. The van der Waals surface area contributed by atoms with Gasteiger partial charge in [0.2, 0.25) is 5.91 Å². The Morgan fingerprint density at radius 2 is 2.00 bits per heavy atom. The van der Waals surface area contributed by atoms with E-state index in [9.17, 15) is 9.59 Å². The fraction of sp³-hybridized carbons (Fsp3) is 0.450. The number of hydrogen-bond donors (Lipinski definition) is 2. The van der Waals surface area contributed by atoms with Crippen LogP contribution < -0.4 is 10.6 Å². The van der Waals surface area contributed by atoms with Crippen molar-refractivity contribution in [2.24, 2.45) is 5.92 Å². The molecule has 0 unspecified atom stereocenters. The SMILES string of the molecule is CCn1c(CSc2nc3ccccc3s2)nnc1SCC(=O)NC(=O)NCCC(C)C. The van der Waals surface area contributed by atoms with Crippen LogP contribution in [0.2, 0.25) is 0 Å². The van der Waals surface area contributed by atoms with Crippen molar-refractivity contribution >= 4 is 57.0 Å². The van der Waals surface area contributed by atoms with Crippen molar-refractivity contribution in [1.82, 2.24) is 30.4 Å². The summed E-state index contributed by atoms with van der Waals surface area (Å²) < 4.78 is 4.14. The number of thiazole rings is 1. The van der Waals surface area contributed by atoms with Gasteiger partial charge in [0.05, 0.1) is 21.7 Å². The summed E-state index contributed by atoms with van der Waals surface area (Å²) >= 11 is 4.56. The highest BCUT2D eigenvalue weighted by molar-refractivity contribution is 8.00. The summed E-state index contributed by atoms with van der Waals surface area (Å²) in [5.74, 6) is 1.71. The first-order valence-corrected chi connectivity index (χ1v) is 12.9. The molecule has 0 saturated carbocycles. The number of carbonyl (C=O) groups excluding carboxylic acids is 2. The van der Waals surface area contributed by atoms with Crippen molar-refractivity contribution in [2.45, 2.75) is 49.0 Å². The average molecular weight is 479 g/mol. The van der Waals surface area contributed by atoms with Gasteiger partial charge in [0.1, 0.15) is 5.82 Å². The lowest BCUT2D eigenvalue weighted by Crippen LogP contribution is -2.40. The van der Waals surface area contributed by atoms with Crippen molar-refractivity contribution in [2.75, 3.05) is 12.3 Å². The van der Waals surface area contributed by atoms with Crippen LogP contribution in [0.4, 0.5) is 4.79 Å². The molecular weight excluding hydrogens is 452 g/mol. The third-order valence-corrected chi connectivity index (χ3v) is 7.44. The predicted molar refractivity (Wildman–Crippen MR) is 127 cm³/mol. The minimum absolute atomic E-state index is 0.0980. The van der Waals surface area contributed by atoms with Crippen molar-refractivity contribution in [3.8, 4) is 0 Å². The zero-order chi connectivity index (χ0) is 22.2. The molecule has 0 aliphatic heterocycles. The van der Waals surface area contributed by atoms with E-state index in [1.165, 1.54) is 11.8 Å². The Balaban J connectivity index is 1.50. The number of aromatic nitrogens is 4. The minimum atomic E-state index is -0.462. The number of nitrogens with one attached hydrogen (secondary N) is 2. The van der Waals surface area contributed by atoms with Gasteiger partial charge in [-0.3, -0.25) is 10.1 Å². The first-order chi connectivity index (χ1) is 15.0. The topological polar surface area (TPSA) is 102 Å². The maximum atomic E-state index is 12.1. The minimum Gasteiger partial charge on any atom is -0.338 e. The highest BCUT2D eigenvalue weighted by Gasteiger charge is 2.15. The number of nitrogens with zero attached hydrogens (tertiary/aromatic N) is 4. The van der Waals surface area contributed by atoms with Crippen LogP contribution in [0.5, 0.6) is 0 Å². The quantitative estimate of drug-likeness (QED) is 0.422. The van der Waals surface area contributed by atoms with Crippen LogP contribution in [0.3, 0.4) is 0 Å². The second kappa shape index (κ2) is 11.5. The van der Waals surface area contributed by atoms with Crippen LogP contribution in [-0.4, -0.2) is 44.0 Å². The van der Waals surface area contributed by atoms with Gasteiger partial charge in [-0.25, -0.2) is 9.78 Å². The Hall–Kier alpha value is -2.11. The van der Waals surface area contributed by atoms with E-state index < -0.39 is 6.03 Å². The van der Waals surface area contributed by atoms with Gasteiger partial charge in [-0.15, -0.1) is 21.5 Å². The molecule has 0 radical (unpaired) electrons. The monoisotopic (exact) mass is 478 g/mol. The molecule has 3 aromatic rings. The zero-order valence-corrected chi connectivity index (χ0v) is 20.2. The summed E-state index contributed by atoms with van der Waals surface area (Å²) in [5, 5.41) is 14.2. The number of benzene rings is 1. The number of urea groups is 1. The molecule has 0 saturated heterocycles. The molecule has 1 aromatic carbocycles. The Morgan fingerprint density at radius 3 is 2.74 bits per heavy atom. The number of fused-ring (bicyclic) bond motifs is 1. The van der Waals surface area contributed by atoms with E-state index in [4.69, 9.17) is 0 Å². The second-order valence-electron chi connectivity index (χ2n) is 7.15. The first kappa shape index (κ1) is 23.6. The molecule has 0 spiro atoms. The van der Waals surface area contributed by atoms with E-state index in [0.717, 1.165) is 26.8 Å². The Morgan fingerprint density at radius 1 is 1.19 bits per heavy atom. The number of carbonyl (C=O) groups is 2. The molecular formula is C20H26N6O2S3. The van der Waals surface area contributed by atoms with Gasteiger partial charge in [0.15, 0.2) is 9.50 Å². The third-order valence-electron chi connectivity index (χ3n) is 4.30.